The molecule has 0 aromatic carbocycles. The van der Waals surface area contributed by atoms with Crippen molar-refractivity contribution in [2.75, 3.05) is 0 Å². The molecule has 3 saturated carbocycles. The fraction of sp³-hybridized carbons (Fsp3) is 1.00. The summed E-state index contributed by atoms with van der Waals surface area (Å²) in [5, 5.41) is 0.485. The fourth-order valence-corrected chi connectivity index (χ4v) is 5.50. The van der Waals surface area contributed by atoms with Gasteiger partial charge in [0.1, 0.15) is 0 Å². The van der Waals surface area contributed by atoms with Crippen molar-refractivity contribution in [2.45, 2.75) is 70.6 Å². The molecule has 3 aliphatic rings. The zero-order valence-electron chi connectivity index (χ0n) is 12.1. The van der Waals surface area contributed by atoms with Gasteiger partial charge in [0.05, 0.1) is 0 Å². The van der Waals surface area contributed by atoms with Gasteiger partial charge in [0.15, 0.2) is 0 Å². The zero-order valence-corrected chi connectivity index (χ0v) is 12.8. The maximum absolute atomic E-state index is 6.63. The number of rotatable bonds is 3. The minimum atomic E-state index is 0.485. The van der Waals surface area contributed by atoms with Crippen molar-refractivity contribution in [1.82, 2.24) is 0 Å². The van der Waals surface area contributed by atoms with Crippen molar-refractivity contribution in [3.63, 3.8) is 0 Å². The molecule has 0 N–H and O–H groups in total. The Labute approximate surface area is 118 Å². The highest BCUT2D eigenvalue weighted by Gasteiger charge is 2.42. The van der Waals surface area contributed by atoms with E-state index in [-0.39, 0.29) is 0 Å². The maximum Gasteiger partial charge on any atom is 0.0364 e. The minimum absolute atomic E-state index is 0.485. The van der Waals surface area contributed by atoms with Gasteiger partial charge < -0.3 is 0 Å². The van der Waals surface area contributed by atoms with Crippen LogP contribution in [-0.2, 0) is 0 Å². The third kappa shape index (κ3) is 2.60. The number of fused-ring (bicyclic) bond motifs is 2. The largest absolute Gasteiger partial charge is 0.123 e. The molecule has 3 fully saturated rings. The first kappa shape index (κ1) is 13.3. The first-order valence-electron chi connectivity index (χ1n) is 8.27. The third-order valence-electron chi connectivity index (χ3n) is 6.36. The molecule has 6 unspecified atom stereocenters. The topological polar surface area (TPSA) is 0 Å². The molecule has 0 radical (unpaired) electrons. The molecule has 0 nitrogen and oxygen atoms in total. The van der Waals surface area contributed by atoms with E-state index < -0.39 is 0 Å². The summed E-state index contributed by atoms with van der Waals surface area (Å²) in [5.41, 5.74) is 0. The van der Waals surface area contributed by atoms with Crippen LogP contribution in [0.5, 0.6) is 0 Å². The molecular weight excluding hydrogens is 240 g/mol. The molecule has 1 heteroatoms. The Balaban J connectivity index is 1.57. The molecule has 2 bridgehead atoms. The molecule has 0 amide bonds. The molecule has 0 saturated heterocycles. The predicted octanol–water partition coefficient (Wildman–Crippen LogP) is 5.49. The van der Waals surface area contributed by atoms with Crippen LogP contribution in [0.15, 0.2) is 0 Å². The van der Waals surface area contributed by atoms with Crippen LogP contribution < -0.4 is 0 Å². The lowest BCUT2D eigenvalue weighted by Gasteiger charge is -2.37. The van der Waals surface area contributed by atoms with Gasteiger partial charge in [0.25, 0.3) is 0 Å². The van der Waals surface area contributed by atoms with Crippen molar-refractivity contribution < 1.29 is 0 Å². The van der Waals surface area contributed by atoms with Gasteiger partial charge >= 0.3 is 0 Å². The van der Waals surface area contributed by atoms with Crippen LogP contribution in [0.3, 0.4) is 0 Å². The Morgan fingerprint density at radius 2 is 1.78 bits per heavy atom. The average Bonchev–Trinajstić information content (AvgIpc) is 2.93. The van der Waals surface area contributed by atoms with E-state index in [0.29, 0.717) is 5.38 Å². The SMILES string of the molecule is CC(C)C1CCC(Cl)C(CC2CC3CCC2C3)C1. The fourth-order valence-electron chi connectivity index (χ4n) is 5.17. The van der Waals surface area contributed by atoms with Gasteiger partial charge in [0, 0.05) is 5.38 Å². The Morgan fingerprint density at radius 1 is 0.944 bits per heavy atom. The van der Waals surface area contributed by atoms with Crippen LogP contribution in [0.2, 0.25) is 0 Å². The standard InChI is InChI=1S/C17H29Cl/c1-11(2)13-5-6-17(18)16(9-13)10-15-8-12-3-4-14(15)7-12/h11-17H,3-10H2,1-2H3. The maximum atomic E-state index is 6.63. The zero-order chi connectivity index (χ0) is 12.7. The molecule has 3 aliphatic carbocycles. The summed E-state index contributed by atoms with van der Waals surface area (Å²) >= 11 is 6.63. The summed E-state index contributed by atoms with van der Waals surface area (Å²) in [6.07, 6.45) is 11.7. The molecule has 0 aromatic rings. The van der Waals surface area contributed by atoms with Crippen LogP contribution in [0, 0.1) is 35.5 Å². The average molecular weight is 269 g/mol. The van der Waals surface area contributed by atoms with Crippen molar-refractivity contribution in [3.8, 4) is 0 Å². The van der Waals surface area contributed by atoms with Crippen LogP contribution in [-0.4, -0.2) is 5.38 Å². The first-order chi connectivity index (χ1) is 8.63. The number of hydrogen-bond donors (Lipinski definition) is 0. The second kappa shape index (κ2) is 5.35. The smallest absolute Gasteiger partial charge is 0.0364 e. The highest BCUT2D eigenvalue weighted by atomic mass is 35.5. The van der Waals surface area contributed by atoms with Gasteiger partial charge in [-0.15, -0.1) is 11.6 Å². The Morgan fingerprint density at radius 3 is 2.39 bits per heavy atom. The molecule has 0 aromatic heterocycles. The van der Waals surface area contributed by atoms with E-state index >= 15 is 0 Å². The van der Waals surface area contributed by atoms with Gasteiger partial charge in [0.2, 0.25) is 0 Å². The van der Waals surface area contributed by atoms with E-state index in [1.807, 2.05) is 0 Å². The quantitative estimate of drug-likeness (QED) is 0.594. The lowest BCUT2D eigenvalue weighted by molar-refractivity contribution is 0.172. The molecule has 6 atom stereocenters. The van der Waals surface area contributed by atoms with Gasteiger partial charge in [-0.1, -0.05) is 20.3 Å². The normalized spacial score (nSPS) is 48.0. The van der Waals surface area contributed by atoms with E-state index in [0.717, 1.165) is 35.5 Å². The molecule has 0 spiro atoms. The Kier molecular flexibility index (Phi) is 3.95. The molecule has 104 valence electrons. The highest BCUT2D eigenvalue weighted by Crippen LogP contribution is 2.52. The molecule has 3 rings (SSSR count). The molecular formula is C17H29Cl. The minimum Gasteiger partial charge on any atom is -0.123 e. The summed E-state index contributed by atoms with van der Waals surface area (Å²) in [7, 11) is 0. The summed E-state index contributed by atoms with van der Waals surface area (Å²) in [6, 6.07) is 0. The second-order valence-electron chi connectivity index (χ2n) is 7.76. The van der Waals surface area contributed by atoms with Crippen molar-refractivity contribution in [2.24, 2.45) is 35.5 Å². The molecule has 18 heavy (non-hydrogen) atoms. The monoisotopic (exact) mass is 268 g/mol. The van der Waals surface area contributed by atoms with Crippen LogP contribution in [0.4, 0.5) is 0 Å². The summed E-state index contributed by atoms with van der Waals surface area (Å²) in [6.45, 7) is 4.79. The summed E-state index contributed by atoms with van der Waals surface area (Å²) in [4.78, 5) is 0. The predicted molar refractivity (Wildman–Crippen MR) is 78.9 cm³/mol. The van der Waals surface area contributed by atoms with Crippen molar-refractivity contribution in [3.05, 3.63) is 0 Å². The van der Waals surface area contributed by atoms with Crippen LogP contribution >= 0.6 is 11.6 Å². The second-order valence-corrected chi connectivity index (χ2v) is 8.32. The van der Waals surface area contributed by atoms with E-state index in [2.05, 4.69) is 13.8 Å². The van der Waals surface area contributed by atoms with Gasteiger partial charge in [-0.25, -0.2) is 0 Å². The van der Waals surface area contributed by atoms with Gasteiger partial charge in [-0.05, 0) is 80.5 Å². The number of halogens is 1. The summed E-state index contributed by atoms with van der Waals surface area (Å²) < 4.78 is 0. The van der Waals surface area contributed by atoms with E-state index in [1.54, 1.807) is 6.42 Å². The van der Waals surface area contributed by atoms with Gasteiger partial charge in [-0.2, -0.15) is 0 Å². The molecule has 0 heterocycles. The van der Waals surface area contributed by atoms with Crippen molar-refractivity contribution >= 4 is 11.6 Å². The highest BCUT2D eigenvalue weighted by molar-refractivity contribution is 6.20. The Hall–Kier alpha value is 0.290. The summed E-state index contributed by atoms with van der Waals surface area (Å²) in [5.74, 6) is 5.86. The molecule has 0 aliphatic heterocycles. The van der Waals surface area contributed by atoms with Crippen molar-refractivity contribution in [1.29, 1.82) is 0 Å². The van der Waals surface area contributed by atoms with E-state index in [9.17, 15) is 0 Å². The lowest BCUT2D eigenvalue weighted by atomic mass is 9.71. The number of hydrogen-bond acceptors (Lipinski definition) is 0. The lowest BCUT2D eigenvalue weighted by Crippen LogP contribution is -2.30. The van der Waals surface area contributed by atoms with Gasteiger partial charge in [-0.3, -0.25) is 0 Å². The Bertz CT molecular complexity index is 285. The van der Waals surface area contributed by atoms with Crippen LogP contribution in [0.1, 0.15) is 65.2 Å². The third-order valence-corrected chi connectivity index (χ3v) is 6.94. The van der Waals surface area contributed by atoms with E-state index in [4.69, 9.17) is 11.6 Å². The number of alkyl halides is 1. The first-order valence-corrected chi connectivity index (χ1v) is 8.71. The van der Waals surface area contributed by atoms with E-state index in [1.165, 1.54) is 44.9 Å². The van der Waals surface area contributed by atoms with Crippen LogP contribution in [0.25, 0.3) is 0 Å².